The predicted molar refractivity (Wildman–Crippen MR) is 87.2 cm³/mol. The van der Waals surface area contributed by atoms with Gasteiger partial charge in [-0.1, -0.05) is 50.3 Å². The lowest BCUT2D eigenvalue weighted by Crippen LogP contribution is -2.22. The van der Waals surface area contributed by atoms with E-state index in [1.807, 2.05) is 36.5 Å². The second kappa shape index (κ2) is 8.22. The zero-order valence-corrected chi connectivity index (χ0v) is 12.6. The van der Waals surface area contributed by atoms with Crippen molar-refractivity contribution in [1.29, 1.82) is 0 Å². The van der Waals surface area contributed by atoms with E-state index in [-0.39, 0.29) is 0 Å². The van der Waals surface area contributed by atoms with Gasteiger partial charge in [-0.15, -0.1) is 0 Å². The molecule has 0 radical (unpaired) electrons. The van der Waals surface area contributed by atoms with Crippen molar-refractivity contribution in [2.75, 3.05) is 6.61 Å². The molecular weight excluding hydrogens is 260 g/mol. The van der Waals surface area contributed by atoms with Gasteiger partial charge in [0.2, 0.25) is 0 Å². The van der Waals surface area contributed by atoms with Gasteiger partial charge in [0, 0.05) is 30.5 Å². The van der Waals surface area contributed by atoms with E-state index in [1.54, 1.807) is 6.20 Å². The number of rotatable bonds is 7. The highest BCUT2D eigenvalue weighted by Crippen LogP contribution is 2.16. The van der Waals surface area contributed by atoms with Crippen molar-refractivity contribution < 1.29 is 4.74 Å². The molecule has 0 aliphatic rings. The van der Waals surface area contributed by atoms with Gasteiger partial charge in [0.15, 0.2) is 0 Å². The molecule has 2 rings (SSSR count). The number of nitrogens with zero attached hydrogens (tertiary/aromatic N) is 1. The largest absolute Gasteiger partial charge is 0.489 e. The molecule has 0 amide bonds. The average molecular weight is 282 g/mol. The summed E-state index contributed by atoms with van der Waals surface area (Å²) in [5.74, 6) is 0.885. The van der Waals surface area contributed by atoms with Gasteiger partial charge in [-0.2, -0.15) is 0 Å². The van der Waals surface area contributed by atoms with Crippen molar-refractivity contribution in [2.24, 2.45) is 0 Å². The quantitative estimate of drug-likeness (QED) is 0.841. The number of hydrogen-bond acceptors (Lipinski definition) is 3. The molecule has 110 valence electrons. The van der Waals surface area contributed by atoms with Gasteiger partial charge in [-0.25, -0.2) is 0 Å². The zero-order valence-electron chi connectivity index (χ0n) is 12.6. The Hall–Kier alpha value is -2.13. The summed E-state index contributed by atoms with van der Waals surface area (Å²) in [5.41, 5.74) is 2.26. The molecule has 0 saturated carbocycles. The zero-order chi connectivity index (χ0) is 14.9. The summed E-state index contributed by atoms with van der Waals surface area (Å²) >= 11 is 0. The molecule has 2 aromatic rings. The van der Waals surface area contributed by atoms with Crippen LogP contribution in [0.25, 0.3) is 6.08 Å². The molecular formula is C18H22N2O. The maximum Gasteiger partial charge on any atom is 0.127 e. The normalized spacial score (nSPS) is 11.2. The molecule has 0 aliphatic carbocycles. The van der Waals surface area contributed by atoms with E-state index < -0.39 is 0 Å². The van der Waals surface area contributed by atoms with E-state index in [4.69, 9.17) is 4.74 Å². The van der Waals surface area contributed by atoms with Crippen molar-refractivity contribution in [3.05, 3.63) is 66.0 Å². The Morgan fingerprint density at radius 3 is 2.76 bits per heavy atom. The maximum atomic E-state index is 5.82. The first kappa shape index (κ1) is 15.3. The smallest absolute Gasteiger partial charge is 0.127 e. The number of nitrogens with one attached hydrogen (secondary N) is 1. The molecule has 0 saturated heterocycles. The molecule has 1 heterocycles. The van der Waals surface area contributed by atoms with Crippen LogP contribution in [0, 0.1) is 0 Å². The summed E-state index contributed by atoms with van der Waals surface area (Å²) in [4.78, 5) is 4.16. The number of pyridine rings is 1. The molecule has 21 heavy (non-hydrogen) atoms. The molecule has 0 aliphatic heterocycles. The minimum atomic E-state index is 0.441. The van der Waals surface area contributed by atoms with E-state index in [1.165, 1.54) is 5.56 Å². The minimum absolute atomic E-state index is 0.441. The van der Waals surface area contributed by atoms with Crippen molar-refractivity contribution in [3.63, 3.8) is 0 Å². The number of benzene rings is 1. The van der Waals surface area contributed by atoms with E-state index >= 15 is 0 Å². The second-order valence-electron chi connectivity index (χ2n) is 5.14. The summed E-state index contributed by atoms with van der Waals surface area (Å²) in [7, 11) is 0. The molecule has 1 aromatic carbocycles. The van der Waals surface area contributed by atoms with Gasteiger partial charge in [0.05, 0.1) is 0 Å². The molecule has 3 nitrogen and oxygen atoms in total. The Bertz CT molecular complexity index is 564. The SMILES string of the molecule is CC(C)NCc1cnccc1OC/C=C/c1ccccc1. The topological polar surface area (TPSA) is 34.2 Å². The van der Waals surface area contributed by atoms with Crippen LogP contribution in [-0.2, 0) is 6.54 Å². The fraction of sp³-hybridized carbons (Fsp3) is 0.278. The molecule has 0 spiro atoms. The lowest BCUT2D eigenvalue weighted by molar-refractivity contribution is 0.357. The molecule has 0 fully saturated rings. The molecule has 1 N–H and O–H groups in total. The second-order valence-corrected chi connectivity index (χ2v) is 5.14. The Morgan fingerprint density at radius 1 is 1.19 bits per heavy atom. The highest BCUT2D eigenvalue weighted by Gasteiger charge is 2.03. The molecule has 0 unspecified atom stereocenters. The Morgan fingerprint density at radius 2 is 2.00 bits per heavy atom. The fourth-order valence-electron chi connectivity index (χ4n) is 1.89. The van der Waals surface area contributed by atoms with Gasteiger partial charge in [-0.3, -0.25) is 4.98 Å². The van der Waals surface area contributed by atoms with Gasteiger partial charge >= 0.3 is 0 Å². The third-order valence-corrected chi connectivity index (χ3v) is 3.00. The van der Waals surface area contributed by atoms with Gasteiger partial charge < -0.3 is 10.1 Å². The van der Waals surface area contributed by atoms with E-state index in [0.717, 1.165) is 17.9 Å². The predicted octanol–water partition coefficient (Wildman–Crippen LogP) is 3.67. The van der Waals surface area contributed by atoms with Crippen LogP contribution in [0.15, 0.2) is 54.9 Å². The summed E-state index contributed by atoms with van der Waals surface area (Å²) in [6.07, 6.45) is 7.70. The van der Waals surface area contributed by atoms with Crippen LogP contribution in [0.3, 0.4) is 0 Å². The number of aromatic nitrogens is 1. The Kier molecular flexibility index (Phi) is 5.98. The maximum absolute atomic E-state index is 5.82. The fourth-order valence-corrected chi connectivity index (χ4v) is 1.89. The first-order valence-corrected chi connectivity index (χ1v) is 7.26. The third-order valence-electron chi connectivity index (χ3n) is 3.00. The van der Waals surface area contributed by atoms with E-state index in [0.29, 0.717) is 12.6 Å². The van der Waals surface area contributed by atoms with Gasteiger partial charge in [0.1, 0.15) is 12.4 Å². The lowest BCUT2D eigenvalue weighted by atomic mass is 10.2. The summed E-state index contributed by atoms with van der Waals surface area (Å²) < 4.78 is 5.82. The van der Waals surface area contributed by atoms with Crippen LogP contribution >= 0.6 is 0 Å². The first-order chi connectivity index (χ1) is 10.3. The van der Waals surface area contributed by atoms with Crippen LogP contribution in [0.5, 0.6) is 5.75 Å². The summed E-state index contributed by atoms with van der Waals surface area (Å²) in [6, 6.07) is 12.6. The van der Waals surface area contributed by atoms with Crippen LogP contribution < -0.4 is 10.1 Å². The van der Waals surface area contributed by atoms with Crippen LogP contribution in [0.1, 0.15) is 25.0 Å². The van der Waals surface area contributed by atoms with Gasteiger partial charge in [0.25, 0.3) is 0 Å². The highest BCUT2D eigenvalue weighted by molar-refractivity contribution is 5.48. The molecule has 1 aromatic heterocycles. The molecule has 0 bridgehead atoms. The molecule has 0 atom stereocenters. The van der Waals surface area contributed by atoms with Crippen LogP contribution in [-0.4, -0.2) is 17.6 Å². The standard InChI is InChI=1S/C18H22N2O/c1-15(2)20-14-17-13-19-11-10-18(17)21-12-6-9-16-7-4-3-5-8-16/h3-11,13,15,20H,12,14H2,1-2H3/b9-6+. The molecule has 3 heteroatoms. The highest BCUT2D eigenvalue weighted by atomic mass is 16.5. The average Bonchev–Trinajstić information content (AvgIpc) is 2.51. The minimum Gasteiger partial charge on any atom is -0.489 e. The Labute approximate surface area is 126 Å². The third kappa shape index (κ3) is 5.40. The number of hydrogen-bond donors (Lipinski definition) is 1. The lowest BCUT2D eigenvalue weighted by Gasteiger charge is -2.12. The van der Waals surface area contributed by atoms with E-state index in [9.17, 15) is 0 Å². The van der Waals surface area contributed by atoms with Gasteiger partial charge in [-0.05, 0) is 17.7 Å². The van der Waals surface area contributed by atoms with Crippen LogP contribution in [0.4, 0.5) is 0 Å². The first-order valence-electron chi connectivity index (χ1n) is 7.26. The van der Waals surface area contributed by atoms with Crippen LogP contribution in [0.2, 0.25) is 0 Å². The monoisotopic (exact) mass is 282 g/mol. The Balaban J connectivity index is 1.89. The van der Waals surface area contributed by atoms with Crippen molar-refractivity contribution in [2.45, 2.75) is 26.4 Å². The number of ether oxygens (including phenoxy) is 1. The van der Waals surface area contributed by atoms with E-state index in [2.05, 4.69) is 42.4 Å². The van der Waals surface area contributed by atoms with Crippen molar-refractivity contribution in [1.82, 2.24) is 10.3 Å². The summed E-state index contributed by atoms with van der Waals surface area (Å²) in [6.45, 7) is 5.57. The van der Waals surface area contributed by atoms with Crippen molar-refractivity contribution in [3.8, 4) is 5.75 Å². The van der Waals surface area contributed by atoms with Crippen molar-refractivity contribution >= 4 is 6.08 Å². The summed E-state index contributed by atoms with van der Waals surface area (Å²) in [5, 5.41) is 3.38.